The Hall–Kier alpha value is -0.233. The minimum atomic E-state index is -2.32. The molecule has 0 bridgehead atoms. The van der Waals surface area contributed by atoms with Gasteiger partial charge in [-0.1, -0.05) is 13.3 Å². The summed E-state index contributed by atoms with van der Waals surface area (Å²) < 4.78 is 5.47. The Morgan fingerprint density at radius 2 is 2.07 bits per heavy atom. The molecule has 0 aliphatic heterocycles. The van der Waals surface area contributed by atoms with Gasteiger partial charge in [0.05, 0.1) is 6.04 Å². The molecule has 0 fully saturated rings. The van der Waals surface area contributed by atoms with E-state index in [0.29, 0.717) is 12.6 Å². The lowest BCUT2D eigenvalue weighted by Crippen LogP contribution is -2.54. The van der Waals surface area contributed by atoms with Crippen molar-refractivity contribution in [1.82, 2.24) is 0 Å². The van der Waals surface area contributed by atoms with Crippen LogP contribution in [0.15, 0.2) is 0 Å². The molecule has 0 spiro atoms. The summed E-state index contributed by atoms with van der Waals surface area (Å²) in [6, 6.07) is 1.07. The van der Waals surface area contributed by atoms with Crippen molar-refractivity contribution in [2.75, 3.05) is 13.7 Å². The molecule has 0 aromatic heterocycles. The van der Waals surface area contributed by atoms with Crippen molar-refractivity contribution in [3.8, 4) is 0 Å². The van der Waals surface area contributed by atoms with Gasteiger partial charge in [-0.15, -0.1) is 0 Å². The average Bonchev–Trinajstić information content (AvgIpc) is 2.16. The number of carbonyl (C=O) groups is 1. The maximum absolute atomic E-state index is 11.9. The largest absolute Gasteiger partial charge is 0.412 e. The summed E-state index contributed by atoms with van der Waals surface area (Å²) in [6.45, 7) is 4.26. The third kappa shape index (κ3) is 3.16. The first kappa shape index (κ1) is 13.8. The molecule has 0 aromatic carbocycles. The zero-order valence-corrected chi connectivity index (χ0v) is 10.4. The molecule has 0 aromatic rings. The summed E-state index contributed by atoms with van der Waals surface area (Å²) >= 11 is 0. The van der Waals surface area contributed by atoms with Gasteiger partial charge < -0.3 is 20.7 Å². The molecule has 1 unspecified atom stereocenters. The van der Waals surface area contributed by atoms with Crippen LogP contribution in [-0.2, 0) is 9.22 Å². The highest BCUT2D eigenvalue weighted by atomic mass is 28.4. The second-order valence-corrected chi connectivity index (χ2v) is 7.53. The second-order valence-electron chi connectivity index (χ2n) is 3.64. The molecular weight excluding hydrogens is 196 g/mol. The quantitative estimate of drug-likeness (QED) is 0.606. The third-order valence-electron chi connectivity index (χ3n) is 2.46. The van der Waals surface area contributed by atoms with E-state index >= 15 is 0 Å². The average molecular weight is 218 g/mol. The van der Waals surface area contributed by atoms with Crippen LogP contribution in [0.2, 0.25) is 12.1 Å². The van der Waals surface area contributed by atoms with Crippen LogP contribution in [0.1, 0.15) is 20.3 Å². The van der Waals surface area contributed by atoms with Crippen LogP contribution in [0, 0.1) is 0 Å². The zero-order chi connectivity index (χ0) is 11.2. The number of carbonyl (C=O) groups excluding carboxylic acids is 1. The Kier molecular flexibility index (Phi) is 6.18. The summed E-state index contributed by atoms with van der Waals surface area (Å²) in [4.78, 5) is 11.9. The first-order valence-electron chi connectivity index (χ1n) is 5.09. The molecule has 0 radical (unpaired) electrons. The number of hydrogen-bond donors (Lipinski definition) is 2. The Morgan fingerprint density at radius 3 is 2.36 bits per heavy atom. The van der Waals surface area contributed by atoms with E-state index in [4.69, 9.17) is 15.9 Å². The highest BCUT2D eigenvalue weighted by Crippen LogP contribution is 2.20. The van der Waals surface area contributed by atoms with Gasteiger partial charge in [0.2, 0.25) is 0 Å². The van der Waals surface area contributed by atoms with Crippen LogP contribution < -0.4 is 11.5 Å². The summed E-state index contributed by atoms with van der Waals surface area (Å²) in [7, 11) is -0.716. The second kappa shape index (κ2) is 6.29. The van der Waals surface area contributed by atoms with Crippen molar-refractivity contribution >= 4 is 13.7 Å². The molecule has 0 saturated carbocycles. The van der Waals surface area contributed by atoms with Crippen LogP contribution in [0.3, 0.4) is 0 Å². The van der Waals surface area contributed by atoms with Gasteiger partial charge in [0.1, 0.15) is 0 Å². The SMILES string of the molecule is CCC[Si](CCN)(OC)C(=O)[C@H](C)N. The maximum atomic E-state index is 11.9. The number of rotatable bonds is 7. The molecule has 0 saturated heterocycles. The topological polar surface area (TPSA) is 78.3 Å². The standard InChI is InChI=1S/C9H22N2O2Si/c1-4-6-14(13-3,7-5-10)9(12)8(2)11/h8H,4-7,10-11H2,1-3H3/t8-,14?/m0/s1. The van der Waals surface area contributed by atoms with Crippen LogP contribution in [0.25, 0.3) is 0 Å². The summed E-state index contributed by atoms with van der Waals surface area (Å²) in [6.07, 6.45) is 0.943. The highest BCUT2D eigenvalue weighted by molar-refractivity contribution is 7.02. The fourth-order valence-electron chi connectivity index (χ4n) is 1.73. The zero-order valence-electron chi connectivity index (χ0n) is 9.38. The van der Waals surface area contributed by atoms with Crippen molar-refractivity contribution in [2.45, 2.75) is 38.4 Å². The van der Waals surface area contributed by atoms with E-state index < -0.39 is 14.4 Å². The van der Waals surface area contributed by atoms with Gasteiger partial charge in [0, 0.05) is 7.11 Å². The normalized spacial score (nSPS) is 17.5. The first-order chi connectivity index (χ1) is 6.54. The Labute approximate surface area is 87.1 Å². The van der Waals surface area contributed by atoms with Gasteiger partial charge in [-0.3, -0.25) is 0 Å². The summed E-state index contributed by atoms with van der Waals surface area (Å²) in [5, 5.41) is 0.0901. The van der Waals surface area contributed by atoms with Crippen molar-refractivity contribution in [3.63, 3.8) is 0 Å². The number of hydrogen-bond acceptors (Lipinski definition) is 4. The van der Waals surface area contributed by atoms with E-state index in [-0.39, 0.29) is 5.41 Å². The molecule has 0 amide bonds. The van der Waals surface area contributed by atoms with Crippen LogP contribution >= 0.6 is 0 Å². The lowest BCUT2D eigenvalue weighted by molar-refractivity contribution is -0.114. The summed E-state index contributed by atoms with van der Waals surface area (Å²) in [5.74, 6) is 0. The molecule has 14 heavy (non-hydrogen) atoms. The molecule has 0 aliphatic rings. The van der Waals surface area contributed by atoms with Crippen LogP contribution in [0.4, 0.5) is 0 Å². The molecule has 84 valence electrons. The van der Waals surface area contributed by atoms with E-state index in [0.717, 1.165) is 12.5 Å². The highest BCUT2D eigenvalue weighted by Gasteiger charge is 2.42. The van der Waals surface area contributed by atoms with E-state index in [1.807, 2.05) is 6.92 Å². The fourth-order valence-corrected chi connectivity index (χ4v) is 5.18. The van der Waals surface area contributed by atoms with E-state index in [1.165, 1.54) is 0 Å². The first-order valence-corrected chi connectivity index (χ1v) is 7.41. The molecule has 5 heteroatoms. The molecule has 0 aliphatic carbocycles. The monoisotopic (exact) mass is 218 g/mol. The van der Waals surface area contributed by atoms with Gasteiger partial charge >= 0.3 is 0 Å². The van der Waals surface area contributed by atoms with Gasteiger partial charge in [-0.25, -0.2) is 0 Å². The predicted octanol–water partition coefficient (Wildman–Crippen LogP) is 0.403. The van der Waals surface area contributed by atoms with Gasteiger partial charge in [-0.05, 0) is 25.6 Å². The van der Waals surface area contributed by atoms with Gasteiger partial charge in [0.25, 0.3) is 8.32 Å². The Balaban J connectivity index is 4.72. The van der Waals surface area contributed by atoms with Crippen molar-refractivity contribution in [1.29, 1.82) is 0 Å². The predicted molar refractivity (Wildman–Crippen MR) is 60.4 cm³/mol. The minimum absolute atomic E-state index is 0.0901. The van der Waals surface area contributed by atoms with Crippen LogP contribution in [-0.4, -0.2) is 33.4 Å². The van der Waals surface area contributed by atoms with Crippen LogP contribution in [0.5, 0.6) is 0 Å². The summed E-state index contributed by atoms with van der Waals surface area (Å²) in [5.41, 5.74) is 11.1. The van der Waals surface area contributed by atoms with Crippen molar-refractivity contribution in [3.05, 3.63) is 0 Å². The van der Waals surface area contributed by atoms with E-state index in [9.17, 15) is 4.79 Å². The molecule has 2 atom stereocenters. The molecule has 4 N–H and O–H groups in total. The lowest BCUT2D eigenvalue weighted by Gasteiger charge is -2.28. The Bertz CT molecular complexity index is 180. The van der Waals surface area contributed by atoms with E-state index in [1.54, 1.807) is 14.0 Å². The lowest BCUT2D eigenvalue weighted by atomic mass is 10.4. The molecule has 4 nitrogen and oxygen atoms in total. The van der Waals surface area contributed by atoms with E-state index in [2.05, 4.69) is 0 Å². The smallest absolute Gasteiger partial charge is 0.267 e. The maximum Gasteiger partial charge on any atom is 0.267 e. The van der Waals surface area contributed by atoms with Crippen molar-refractivity contribution < 1.29 is 9.22 Å². The minimum Gasteiger partial charge on any atom is -0.412 e. The fraction of sp³-hybridized carbons (Fsp3) is 0.889. The van der Waals surface area contributed by atoms with Gasteiger partial charge in [0.15, 0.2) is 5.41 Å². The van der Waals surface area contributed by atoms with Gasteiger partial charge in [-0.2, -0.15) is 0 Å². The number of nitrogens with two attached hydrogens (primary N) is 2. The van der Waals surface area contributed by atoms with Crippen molar-refractivity contribution in [2.24, 2.45) is 11.5 Å². The molecular formula is C9H22N2O2Si. The Morgan fingerprint density at radius 1 is 1.50 bits per heavy atom. The third-order valence-corrected chi connectivity index (χ3v) is 6.99. The molecule has 0 rings (SSSR count). The molecule has 0 heterocycles.